The number of morpholine rings is 1. The molecule has 108 valence electrons. The summed E-state index contributed by atoms with van der Waals surface area (Å²) in [5.74, 6) is -1.42. The Bertz CT molecular complexity index is 505. The van der Waals surface area contributed by atoms with Crippen molar-refractivity contribution < 1.29 is 24.4 Å². The van der Waals surface area contributed by atoms with E-state index in [9.17, 15) is 14.8 Å². The predicted molar refractivity (Wildman–Crippen MR) is 67.0 cm³/mol. The maximum absolute atomic E-state index is 12.0. The maximum atomic E-state index is 12.0. The Kier molecular flexibility index (Phi) is 4.65. The van der Waals surface area contributed by atoms with Crippen LogP contribution in [0.2, 0.25) is 0 Å². The van der Waals surface area contributed by atoms with Crippen molar-refractivity contribution in [1.82, 2.24) is 4.90 Å². The van der Waals surface area contributed by atoms with E-state index < -0.39 is 12.2 Å². The fraction of sp³-hybridized carbons (Fsp3) is 0.462. The van der Waals surface area contributed by atoms with Gasteiger partial charge < -0.3 is 14.6 Å². The number of aromatic carboxylic acids is 1. The lowest BCUT2D eigenvalue weighted by molar-refractivity contribution is -0.764. The van der Waals surface area contributed by atoms with Gasteiger partial charge >= 0.3 is 5.69 Å². The Morgan fingerprint density at radius 2 is 2.30 bits per heavy atom. The van der Waals surface area contributed by atoms with Gasteiger partial charge in [0.2, 0.25) is 0 Å². The monoisotopic (exact) mass is 280 g/mol. The maximum Gasteiger partial charge on any atom is 0.325 e. The number of hydrogen-bond donors (Lipinski definition) is 0. The van der Waals surface area contributed by atoms with Gasteiger partial charge in [0.25, 0.3) is 11.2 Å². The smallest absolute Gasteiger partial charge is 0.325 e. The minimum Gasteiger partial charge on any atom is -0.545 e. The Morgan fingerprint density at radius 1 is 1.55 bits per heavy atom. The van der Waals surface area contributed by atoms with E-state index >= 15 is 0 Å². The number of nitrogens with zero attached hydrogens (tertiary/aromatic N) is 2. The van der Waals surface area contributed by atoms with Crippen LogP contribution in [0.1, 0.15) is 17.3 Å². The molecule has 7 nitrogen and oxygen atoms in total. The summed E-state index contributed by atoms with van der Waals surface area (Å²) in [6.45, 7) is 4.18. The van der Waals surface area contributed by atoms with Crippen molar-refractivity contribution in [2.24, 2.45) is 0 Å². The molecule has 1 saturated heterocycles. The minimum atomic E-state index is -1.42. The molecular formula is C13H16N2O5. The molecule has 0 radical (unpaired) electrons. The predicted octanol–water partition coefficient (Wildman–Crippen LogP) is 0.0703. The highest BCUT2D eigenvalue weighted by Gasteiger charge is 2.32. The Balaban J connectivity index is 2.13. The van der Waals surface area contributed by atoms with E-state index in [1.165, 1.54) is 18.2 Å². The number of rotatable bonds is 5. The van der Waals surface area contributed by atoms with Crippen molar-refractivity contribution in [2.75, 3.05) is 26.3 Å². The Hall–Kier alpha value is -1.99. The van der Waals surface area contributed by atoms with Gasteiger partial charge in [0.05, 0.1) is 23.0 Å². The number of para-hydroxylation sites is 1. The number of hydrogen-bond acceptors (Lipinski definition) is 6. The molecule has 1 aromatic carbocycles. The second-order valence-corrected chi connectivity index (χ2v) is 4.33. The van der Waals surface area contributed by atoms with Crippen LogP contribution in [0.3, 0.4) is 0 Å². The quantitative estimate of drug-likeness (QED) is 0.710. The zero-order valence-corrected chi connectivity index (χ0v) is 11.2. The summed E-state index contributed by atoms with van der Waals surface area (Å²) in [6.07, 6.45) is -0.527. The van der Waals surface area contributed by atoms with E-state index in [1.807, 2.05) is 11.8 Å². The zero-order chi connectivity index (χ0) is 14.5. The molecule has 0 aromatic heterocycles. The van der Waals surface area contributed by atoms with E-state index in [2.05, 4.69) is 0 Å². The van der Waals surface area contributed by atoms with Crippen molar-refractivity contribution in [1.29, 1.82) is 0 Å². The fourth-order valence-corrected chi connectivity index (χ4v) is 2.05. The molecule has 1 aliphatic rings. The largest absolute Gasteiger partial charge is 0.545 e. The molecule has 1 fully saturated rings. The van der Waals surface area contributed by atoms with Crippen LogP contribution in [0.5, 0.6) is 0 Å². The number of carbonyl (C=O) groups excluding carboxylic acids is 1. The van der Waals surface area contributed by atoms with Gasteiger partial charge in [0.15, 0.2) is 0 Å². The summed E-state index contributed by atoms with van der Waals surface area (Å²) in [7, 11) is 0. The van der Waals surface area contributed by atoms with Gasteiger partial charge in [0.1, 0.15) is 6.61 Å². The molecule has 1 atom stereocenters. The van der Waals surface area contributed by atoms with Crippen LogP contribution in [-0.4, -0.2) is 48.3 Å². The zero-order valence-electron chi connectivity index (χ0n) is 11.2. The first kappa shape index (κ1) is 14.4. The minimum absolute atomic E-state index is 0.0888. The molecule has 0 amide bonds. The van der Waals surface area contributed by atoms with Gasteiger partial charge in [-0.1, -0.05) is 19.1 Å². The SMILES string of the molecule is CCN1CCOCC1O[N+](=O)c1ccccc1C(=O)[O-]. The summed E-state index contributed by atoms with van der Waals surface area (Å²) < 4.78 is 5.27. The average Bonchev–Trinajstić information content (AvgIpc) is 2.47. The van der Waals surface area contributed by atoms with E-state index in [4.69, 9.17) is 9.57 Å². The molecule has 0 saturated carbocycles. The highest BCUT2D eigenvalue weighted by Crippen LogP contribution is 2.20. The average molecular weight is 280 g/mol. The fourth-order valence-electron chi connectivity index (χ4n) is 2.05. The van der Waals surface area contributed by atoms with Crippen LogP contribution in [0.25, 0.3) is 0 Å². The molecule has 1 unspecified atom stereocenters. The van der Waals surface area contributed by atoms with Gasteiger partial charge in [0, 0.05) is 12.6 Å². The molecule has 1 aromatic rings. The number of carboxylic acids is 1. The number of ether oxygens (including phenoxy) is 1. The van der Waals surface area contributed by atoms with Gasteiger partial charge in [-0.15, -0.1) is 0 Å². The van der Waals surface area contributed by atoms with Crippen molar-refractivity contribution >= 4 is 11.7 Å². The van der Waals surface area contributed by atoms with Gasteiger partial charge in [-0.05, 0) is 12.6 Å². The summed E-state index contributed by atoms with van der Waals surface area (Å²) in [5.41, 5.74) is -0.295. The summed E-state index contributed by atoms with van der Waals surface area (Å²) in [5, 5.41) is 11.0. The Morgan fingerprint density at radius 3 is 3.00 bits per heavy atom. The van der Waals surface area contributed by atoms with Gasteiger partial charge in [-0.2, -0.15) is 0 Å². The lowest BCUT2D eigenvalue weighted by atomic mass is 10.2. The third-order valence-corrected chi connectivity index (χ3v) is 3.13. The first-order chi connectivity index (χ1) is 9.63. The molecule has 0 spiro atoms. The normalized spacial score (nSPS) is 19.6. The standard InChI is InChI=1S/C13H16N2O5/c1-2-14-7-8-19-9-12(14)20-15(18)11-6-4-3-5-10(11)13(16)17/h3-6,12H,2,7-9H2,1H3. The molecule has 0 aliphatic carbocycles. The van der Waals surface area contributed by atoms with Crippen LogP contribution in [0, 0.1) is 4.91 Å². The Labute approximate surface area is 116 Å². The topological polar surface area (TPSA) is 81.9 Å². The molecular weight excluding hydrogens is 264 g/mol. The molecule has 2 rings (SSSR count). The molecule has 7 heteroatoms. The van der Waals surface area contributed by atoms with Crippen LogP contribution < -0.4 is 5.11 Å². The van der Waals surface area contributed by atoms with E-state index in [1.54, 1.807) is 6.07 Å². The highest BCUT2D eigenvalue weighted by atomic mass is 16.8. The number of benzene rings is 1. The first-order valence-corrected chi connectivity index (χ1v) is 6.39. The van der Waals surface area contributed by atoms with Crippen LogP contribution in [-0.2, 0) is 9.57 Å². The molecule has 0 N–H and O–H groups in total. The van der Waals surface area contributed by atoms with Gasteiger partial charge in [-0.25, -0.2) is 4.84 Å². The van der Waals surface area contributed by atoms with Crippen molar-refractivity contribution in [3.8, 4) is 0 Å². The summed E-state index contributed by atoms with van der Waals surface area (Å²) in [4.78, 5) is 30.4. The van der Waals surface area contributed by atoms with E-state index in [0.717, 1.165) is 0 Å². The number of likely N-dealkylation sites (N-methyl/N-ethyl adjacent to an activating group) is 1. The van der Waals surface area contributed by atoms with Crippen molar-refractivity contribution in [3.63, 3.8) is 0 Å². The third-order valence-electron chi connectivity index (χ3n) is 3.13. The second kappa shape index (κ2) is 6.44. The van der Waals surface area contributed by atoms with E-state index in [-0.39, 0.29) is 22.8 Å². The number of carboxylic acid groups (broad SMARTS) is 1. The second-order valence-electron chi connectivity index (χ2n) is 4.33. The van der Waals surface area contributed by atoms with Crippen LogP contribution in [0.15, 0.2) is 24.3 Å². The molecule has 1 aliphatic heterocycles. The van der Waals surface area contributed by atoms with Gasteiger partial charge in [-0.3, -0.25) is 4.90 Å². The molecule has 20 heavy (non-hydrogen) atoms. The molecule has 1 heterocycles. The lowest BCUT2D eigenvalue weighted by Gasteiger charge is -2.29. The highest BCUT2D eigenvalue weighted by molar-refractivity contribution is 5.90. The molecule has 0 bridgehead atoms. The van der Waals surface area contributed by atoms with E-state index in [0.29, 0.717) is 19.7 Å². The van der Waals surface area contributed by atoms with Crippen LogP contribution >= 0.6 is 0 Å². The summed E-state index contributed by atoms with van der Waals surface area (Å²) >= 11 is 0. The summed E-state index contributed by atoms with van der Waals surface area (Å²) in [6, 6.07) is 5.75. The first-order valence-electron chi connectivity index (χ1n) is 6.39. The third kappa shape index (κ3) is 3.12. The van der Waals surface area contributed by atoms with Crippen molar-refractivity contribution in [2.45, 2.75) is 13.2 Å². The number of carbonyl (C=O) groups is 1. The van der Waals surface area contributed by atoms with Crippen LogP contribution in [0.4, 0.5) is 5.69 Å². The van der Waals surface area contributed by atoms with Crippen molar-refractivity contribution in [3.05, 3.63) is 34.7 Å². The lowest BCUT2D eigenvalue weighted by Crippen LogP contribution is -2.47.